The summed E-state index contributed by atoms with van der Waals surface area (Å²) in [7, 11) is 0. The molecule has 3 heteroatoms. The summed E-state index contributed by atoms with van der Waals surface area (Å²) in [6, 6.07) is 0. The minimum atomic E-state index is -0.576. The molecule has 3 nitrogen and oxygen atoms in total. The van der Waals surface area contributed by atoms with E-state index in [2.05, 4.69) is 26.0 Å². The number of aliphatic hydroxyl groups excluding tert-OH is 1. The van der Waals surface area contributed by atoms with Crippen LogP contribution in [0.2, 0.25) is 0 Å². The minimum absolute atomic E-state index is 0.0609. The van der Waals surface area contributed by atoms with Gasteiger partial charge in [0, 0.05) is 24.2 Å². The second kappa shape index (κ2) is 10.9. The Bertz CT molecular complexity index is 450. The van der Waals surface area contributed by atoms with Crippen LogP contribution in [0.25, 0.3) is 0 Å². The average molecular weight is 351 g/mol. The molecule has 0 aromatic heterocycles. The number of rotatable bonds is 12. The van der Waals surface area contributed by atoms with Crippen LogP contribution >= 0.6 is 0 Å². The molecule has 0 radical (unpaired) electrons. The van der Waals surface area contributed by atoms with E-state index in [1.54, 1.807) is 0 Å². The van der Waals surface area contributed by atoms with Gasteiger partial charge in [0.15, 0.2) is 0 Å². The molecule has 1 N–H and O–H groups in total. The Morgan fingerprint density at radius 3 is 2.52 bits per heavy atom. The summed E-state index contributed by atoms with van der Waals surface area (Å²) < 4.78 is 0. The molecule has 3 unspecified atom stereocenters. The highest BCUT2D eigenvalue weighted by atomic mass is 16.3. The summed E-state index contributed by atoms with van der Waals surface area (Å²) >= 11 is 0. The standard InChI is InChI=1S/C22H38O3/c1-5-7-9-10-11-12-17-18(20(24)16-19(17)23)13-14-21(25)22(3,4)15-8-6-2/h10-11,17-18,20,24H,5-9,12-16H2,1-4H3/b11-10-. The fraction of sp³-hybridized carbons (Fsp3) is 0.818. The van der Waals surface area contributed by atoms with Crippen molar-refractivity contribution in [1.29, 1.82) is 0 Å². The Hall–Kier alpha value is -0.960. The highest BCUT2D eigenvalue weighted by Gasteiger charge is 2.41. The molecule has 0 aromatic rings. The summed E-state index contributed by atoms with van der Waals surface area (Å²) in [4.78, 5) is 24.8. The highest BCUT2D eigenvalue weighted by Crippen LogP contribution is 2.37. The molecule has 0 aromatic carbocycles. The van der Waals surface area contributed by atoms with Crippen LogP contribution in [-0.4, -0.2) is 22.8 Å². The summed E-state index contributed by atoms with van der Waals surface area (Å²) in [6.45, 7) is 8.35. The molecular weight excluding hydrogens is 312 g/mol. The quantitative estimate of drug-likeness (QED) is 0.386. The monoisotopic (exact) mass is 350 g/mol. The number of carbonyl (C=O) groups is 2. The topological polar surface area (TPSA) is 54.4 Å². The molecule has 1 aliphatic rings. The molecule has 0 spiro atoms. The number of aliphatic hydroxyl groups is 1. The van der Waals surface area contributed by atoms with Crippen LogP contribution in [0.4, 0.5) is 0 Å². The number of Topliss-reactive ketones (excluding diaryl/α,β-unsaturated/α-hetero) is 2. The van der Waals surface area contributed by atoms with E-state index in [0.717, 1.165) is 25.7 Å². The van der Waals surface area contributed by atoms with Crippen molar-refractivity contribution in [2.75, 3.05) is 0 Å². The van der Waals surface area contributed by atoms with E-state index in [0.29, 0.717) is 19.3 Å². The Morgan fingerprint density at radius 2 is 1.88 bits per heavy atom. The fourth-order valence-electron chi connectivity index (χ4n) is 3.79. The third-order valence-corrected chi connectivity index (χ3v) is 5.73. The van der Waals surface area contributed by atoms with Gasteiger partial charge in [0.25, 0.3) is 0 Å². The first-order chi connectivity index (χ1) is 11.8. The Balaban J connectivity index is 2.56. The second-order valence-electron chi connectivity index (χ2n) is 8.31. The van der Waals surface area contributed by atoms with Gasteiger partial charge in [-0.3, -0.25) is 9.59 Å². The molecule has 1 aliphatic carbocycles. The van der Waals surface area contributed by atoms with E-state index in [1.165, 1.54) is 12.8 Å². The molecule has 0 amide bonds. The van der Waals surface area contributed by atoms with Crippen molar-refractivity contribution in [2.45, 2.75) is 98.0 Å². The van der Waals surface area contributed by atoms with E-state index in [9.17, 15) is 14.7 Å². The fourth-order valence-corrected chi connectivity index (χ4v) is 3.79. The molecule has 144 valence electrons. The van der Waals surface area contributed by atoms with Crippen molar-refractivity contribution in [3.63, 3.8) is 0 Å². The van der Waals surface area contributed by atoms with Crippen LogP contribution < -0.4 is 0 Å². The van der Waals surface area contributed by atoms with E-state index in [-0.39, 0.29) is 35.2 Å². The van der Waals surface area contributed by atoms with E-state index < -0.39 is 6.10 Å². The molecular formula is C22H38O3. The average Bonchev–Trinajstić information content (AvgIpc) is 2.83. The number of unbranched alkanes of at least 4 members (excludes halogenated alkanes) is 3. The van der Waals surface area contributed by atoms with Crippen LogP contribution in [-0.2, 0) is 9.59 Å². The smallest absolute Gasteiger partial charge is 0.139 e. The lowest BCUT2D eigenvalue weighted by molar-refractivity contribution is -0.128. The van der Waals surface area contributed by atoms with Crippen molar-refractivity contribution >= 4 is 11.6 Å². The van der Waals surface area contributed by atoms with Gasteiger partial charge in [0.1, 0.15) is 11.6 Å². The maximum Gasteiger partial charge on any atom is 0.139 e. The predicted molar refractivity (Wildman–Crippen MR) is 103 cm³/mol. The van der Waals surface area contributed by atoms with Crippen molar-refractivity contribution in [2.24, 2.45) is 17.3 Å². The highest BCUT2D eigenvalue weighted by molar-refractivity contribution is 5.86. The zero-order chi connectivity index (χ0) is 18.9. The van der Waals surface area contributed by atoms with Gasteiger partial charge in [-0.25, -0.2) is 0 Å². The van der Waals surface area contributed by atoms with Crippen LogP contribution in [0.3, 0.4) is 0 Å². The van der Waals surface area contributed by atoms with Crippen LogP contribution in [0, 0.1) is 17.3 Å². The van der Waals surface area contributed by atoms with Crippen molar-refractivity contribution in [3.05, 3.63) is 12.2 Å². The SMILES string of the molecule is CCCC/C=C\CC1C(=O)CC(O)C1CCC(=O)C(C)(C)CCCC. The molecule has 1 saturated carbocycles. The lowest BCUT2D eigenvalue weighted by atomic mass is 9.78. The van der Waals surface area contributed by atoms with Gasteiger partial charge in [-0.2, -0.15) is 0 Å². The van der Waals surface area contributed by atoms with Gasteiger partial charge in [0.2, 0.25) is 0 Å². The van der Waals surface area contributed by atoms with Crippen LogP contribution in [0.15, 0.2) is 12.2 Å². The van der Waals surface area contributed by atoms with Crippen molar-refractivity contribution < 1.29 is 14.7 Å². The summed E-state index contributed by atoms with van der Waals surface area (Å²) in [6.07, 6.45) is 12.2. The molecule has 0 bridgehead atoms. The number of carbonyl (C=O) groups excluding carboxylic acids is 2. The lowest BCUT2D eigenvalue weighted by Crippen LogP contribution is -2.27. The second-order valence-corrected chi connectivity index (χ2v) is 8.31. The van der Waals surface area contributed by atoms with E-state index in [4.69, 9.17) is 0 Å². The molecule has 25 heavy (non-hydrogen) atoms. The summed E-state index contributed by atoms with van der Waals surface area (Å²) in [5.41, 5.74) is -0.293. The maximum atomic E-state index is 12.6. The normalized spacial score (nSPS) is 24.4. The van der Waals surface area contributed by atoms with Crippen molar-refractivity contribution in [3.8, 4) is 0 Å². The third kappa shape index (κ3) is 7.05. The Labute approximate surface area is 154 Å². The Kier molecular flexibility index (Phi) is 9.63. The zero-order valence-electron chi connectivity index (χ0n) is 16.7. The largest absolute Gasteiger partial charge is 0.392 e. The van der Waals surface area contributed by atoms with Crippen molar-refractivity contribution in [1.82, 2.24) is 0 Å². The molecule has 1 fully saturated rings. The van der Waals surface area contributed by atoms with Gasteiger partial charge >= 0.3 is 0 Å². The number of hydrogen-bond acceptors (Lipinski definition) is 3. The molecule has 3 atom stereocenters. The molecule has 0 aliphatic heterocycles. The summed E-state index contributed by atoms with van der Waals surface area (Å²) in [5, 5.41) is 10.3. The van der Waals surface area contributed by atoms with Gasteiger partial charge in [0.05, 0.1) is 6.10 Å². The van der Waals surface area contributed by atoms with Gasteiger partial charge in [-0.15, -0.1) is 0 Å². The first-order valence-electron chi connectivity index (χ1n) is 10.2. The number of hydrogen-bond donors (Lipinski definition) is 1. The molecule has 0 heterocycles. The number of allylic oxidation sites excluding steroid dienone is 2. The predicted octanol–water partition coefficient (Wildman–Crippen LogP) is 5.25. The van der Waals surface area contributed by atoms with E-state index in [1.807, 2.05) is 13.8 Å². The first kappa shape index (κ1) is 22.1. The molecule has 0 saturated heterocycles. The van der Waals surface area contributed by atoms with Crippen LogP contribution in [0.5, 0.6) is 0 Å². The van der Waals surface area contributed by atoms with Crippen LogP contribution in [0.1, 0.15) is 91.9 Å². The first-order valence-corrected chi connectivity index (χ1v) is 10.2. The van der Waals surface area contributed by atoms with E-state index >= 15 is 0 Å². The Morgan fingerprint density at radius 1 is 1.20 bits per heavy atom. The number of ketones is 2. The maximum absolute atomic E-state index is 12.6. The molecule has 1 rings (SSSR count). The zero-order valence-corrected chi connectivity index (χ0v) is 16.7. The van der Waals surface area contributed by atoms with Gasteiger partial charge < -0.3 is 5.11 Å². The lowest BCUT2D eigenvalue weighted by Gasteiger charge is -2.25. The van der Waals surface area contributed by atoms with Gasteiger partial charge in [-0.1, -0.05) is 65.5 Å². The third-order valence-electron chi connectivity index (χ3n) is 5.73. The van der Waals surface area contributed by atoms with Gasteiger partial charge in [-0.05, 0) is 31.6 Å². The summed E-state index contributed by atoms with van der Waals surface area (Å²) in [5.74, 6) is 0.258. The minimum Gasteiger partial charge on any atom is -0.392 e.